The van der Waals surface area contributed by atoms with Gasteiger partial charge in [-0.3, -0.25) is 0 Å². The third-order valence-electron chi connectivity index (χ3n) is 3.84. The first kappa shape index (κ1) is 16.8. The third-order valence-corrected chi connectivity index (χ3v) is 3.84. The molecule has 0 unspecified atom stereocenters. The van der Waals surface area contributed by atoms with Crippen LogP contribution in [0, 0.1) is 17.8 Å². The average molecular weight is 281 g/mol. The van der Waals surface area contributed by atoms with Crippen molar-refractivity contribution >= 4 is 6.09 Å². The lowest BCUT2D eigenvalue weighted by atomic mass is 9.94. The van der Waals surface area contributed by atoms with Crippen molar-refractivity contribution in [2.45, 2.75) is 58.5 Å². The third kappa shape index (κ3) is 5.83. The number of ether oxygens (including phenoxy) is 1. The lowest BCUT2D eigenvalue weighted by molar-refractivity contribution is 0.00589. The molecule has 1 rings (SSSR count). The molecule has 0 saturated carbocycles. The van der Waals surface area contributed by atoms with E-state index in [1.807, 2.05) is 20.8 Å². The van der Waals surface area contributed by atoms with Crippen LogP contribution >= 0.6 is 0 Å². The van der Waals surface area contributed by atoms with Crippen molar-refractivity contribution in [1.82, 2.24) is 4.90 Å². The summed E-state index contributed by atoms with van der Waals surface area (Å²) in [5, 5.41) is 8.65. The van der Waals surface area contributed by atoms with E-state index in [0.717, 1.165) is 38.8 Å². The molecule has 0 aromatic rings. The maximum atomic E-state index is 12.0. The van der Waals surface area contributed by atoms with Crippen molar-refractivity contribution in [2.75, 3.05) is 19.7 Å². The Labute approximate surface area is 122 Å². The molecule has 1 N–H and O–H groups in total. The Morgan fingerprint density at radius 2 is 2.00 bits per heavy atom. The number of nitrogens with zero attached hydrogens (tertiary/aromatic N) is 1. The highest BCUT2D eigenvalue weighted by Gasteiger charge is 2.27. The van der Waals surface area contributed by atoms with Crippen molar-refractivity contribution in [3.8, 4) is 11.8 Å². The van der Waals surface area contributed by atoms with E-state index < -0.39 is 0 Å². The van der Waals surface area contributed by atoms with Gasteiger partial charge in [0.1, 0.15) is 5.60 Å². The molecule has 1 aliphatic rings. The first-order chi connectivity index (χ1) is 9.48. The molecule has 4 nitrogen and oxygen atoms in total. The Hall–Kier alpha value is -1.21. The number of hydrogen-bond donors (Lipinski definition) is 1. The summed E-state index contributed by atoms with van der Waals surface area (Å²) in [6.07, 6.45) is 4.00. The molecule has 1 amide bonds. The van der Waals surface area contributed by atoms with E-state index in [9.17, 15) is 4.79 Å². The van der Waals surface area contributed by atoms with Crippen LogP contribution in [-0.2, 0) is 4.74 Å². The van der Waals surface area contributed by atoms with Crippen LogP contribution in [0.5, 0.6) is 0 Å². The molecule has 0 aromatic heterocycles. The summed E-state index contributed by atoms with van der Waals surface area (Å²) in [5.74, 6) is 6.61. The molecular formula is C16H27NO3. The number of amides is 1. The molecule has 0 atom stereocenters. The van der Waals surface area contributed by atoms with Gasteiger partial charge in [0.15, 0.2) is 0 Å². The lowest BCUT2D eigenvalue weighted by Gasteiger charge is -2.33. The first-order valence-corrected chi connectivity index (χ1v) is 7.53. The summed E-state index contributed by atoms with van der Waals surface area (Å²) in [7, 11) is 0. The number of carbonyl (C=O) groups excluding carboxylic acids is 1. The van der Waals surface area contributed by atoms with Crippen molar-refractivity contribution in [3.63, 3.8) is 0 Å². The largest absolute Gasteiger partial charge is 0.443 e. The number of likely N-dealkylation sites (tertiary alicyclic amines) is 1. The summed E-state index contributed by atoms with van der Waals surface area (Å²) in [4.78, 5) is 13.8. The smallest absolute Gasteiger partial charge is 0.410 e. The number of carbonyl (C=O) groups is 1. The van der Waals surface area contributed by atoms with Gasteiger partial charge in [-0.2, -0.15) is 0 Å². The summed E-state index contributed by atoms with van der Waals surface area (Å²) in [6.45, 7) is 7.54. The van der Waals surface area contributed by atoms with Crippen molar-refractivity contribution in [2.24, 2.45) is 5.92 Å². The van der Waals surface area contributed by atoms with Crippen molar-refractivity contribution in [3.05, 3.63) is 0 Å². The highest BCUT2D eigenvalue weighted by molar-refractivity contribution is 5.68. The van der Waals surface area contributed by atoms with Gasteiger partial charge in [-0.05, 0) is 39.0 Å². The van der Waals surface area contributed by atoms with E-state index in [-0.39, 0.29) is 18.3 Å². The molecule has 0 aromatic carbocycles. The van der Waals surface area contributed by atoms with E-state index in [0.29, 0.717) is 12.3 Å². The fourth-order valence-electron chi connectivity index (χ4n) is 2.05. The van der Waals surface area contributed by atoms with E-state index in [2.05, 4.69) is 11.8 Å². The topological polar surface area (TPSA) is 49.8 Å². The summed E-state index contributed by atoms with van der Waals surface area (Å²) in [6, 6.07) is 0. The average Bonchev–Trinajstić information content (AvgIpc) is 2.44. The van der Waals surface area contributed by atoms with Gasteiger partial charge in [0.25, 0.3) is 0 Å². The van der Waals surface area contributed by atoms with Crippen LogP contribution in [0.3, 0.4) is 0 Å². The minimum absolute atomic E-state index is 0.129. The van der Waals surface area contributed by atoms with E-state index in [1.165, 1.54) is 0 Å². The first-order valence-electron chi connectivity index (χ1n) is 7.53. The van der Waals surface area contributed by atoms with Crippen LogP contribution in [0.1, 0.15) is 52.9 Å². The van der Waals surface area contributed by atoms with Crippen LogP contribution in [0.15, 0.2) is 0 Å². The SMILES string of the molecule is CCC(C)(C)OC(=O)N1CCC(CC#CCCO)CC1. The van der Waals surface area contributed by atoms with Gasteiger partial charge in [0.2, 0.25) is 0 Å². The fraction of sp³-hybridized carbons (Fsp3) is 0.812. The maximum absolute atomic E-state index is 12.0. The van der Waals surface area contributed by atoms with Crippen LogP contribution < -0.4 is 0 Å². The highest BCUT2D eigenvalue weighted by atomic mass is 16.6. The predicted molar refractivity (Wildman–Crippen MR) is 79.2 cm³/mol. The van der Waals surface area contributed by atoms with Gasteiger partial charge in [-0.15, -0.1) is 11.8 Å². The fourth-order valence-corrected chi connectivity index (χ4v) is 2.05. The number of hydrogen-bond acceptors (Lipinski definition) is 3. The van der Waals surface area contributed by atoms with Crippen molar-refractivity contribution < 1.29 is 14.6 Å². The normalized spacial score (nSPS) is 16.5. The minimum atomic E-state index is -0.385. The van der Waals surface area contributed by atoms with Gasteiger partial charge in [0.05, 0.1) is 6.61 Å². The maximum Gasteiger partial charge on any atom is 0.410 e. The minimum Gasteiger partial charge on any atom is -0.443 e. The monoisotopic (exact) mass is 281 g/mol. The quantitative estimate of drug-likeness (QED) is 0.806. The molecule has 4 heteroatoms. The Morgan fingerprint density at radius 1 is 1.35 bits per heavy atom. The van der Waals surface area contributed by atoms with Crippen LogP contribution in [0.2, 0.25) is 0 Å². The van der Waals surface area contributed by atoms with Gasteiger partial charge >= 0.3 is 6.09 Å². The number of piperidine rings is 1. The Bertz CT molecular complexity index is 360. The zero-order valence-electron chi connectivity index (χ0n) is 12.9. The van der Waals surface area contributed by atoms with E-state index in [1.54, 1.807) is 4.90 Å². The molecule has 20 heavy (non-hydrogen) atoms. The van der Waals surface area contributed by atoms with E-state index in [4.69, 9.17) is 9.84 Å². The van der Waals surface area contributed by atoms with Crippen LogP contribution in [0.25, 0.3) is 0 Å². The van der Waals surface area contributed by atoms with Gasteiger partial charge < -0.3 is 14.7 Å². The highest BCUT2D eigenvalue weighted by Crippen LogP contribution is 2.22. The summed E-state index contributed by atoms with van der Waals surface area (Å²) < 4.78 is 5.51. The Balaban J connectivity index is 2.32. The predicted octanol–water partition coefficient (Wildman–Crippen LogP) is 2.80. The summed E-state index contributed by atoms with van der Waals surface area (Å²) in [5.41, 5.74) is -0.385. The molecule has 0 bridgehead atoms. The van der Waals surface area contributed by atoms with Crippen LogP contribution in [-0.4, -0.2) is 41.4 Å². The Kier molecular flexibility index (Phi) is 6.87. The number of rotatable bonds is 4. The number of aliphatic hydroxyl groups is 1. The molecule has 0 spiro atoms. The second-order valence-corrected chi connectivity index (χ2v) is 5.94. The standard InChI is InChI=1S/C16H27NO3/c1-4-16(2,3)20-15(19)17-11-9-14(10-12-17)8-6-5-7-13-18/h14,18H,4,7-13H2,1-3H3. The van der Waals surface area contributed by atoms with Gasteiger partial charge in [-0.1, -0.05) is 6.92 Å². The van der Waals surface area contributed by atoms with Gasteiger partial charge in [-0.25, -0.2) is 4.79 Å². The van der Waals surface area contributed by atoms with E-state index >= 15 is 0 Å². The molecule has 114 valence electrons. The van der Waals surface area contributed by atoms with Crippen molar-refractivity contribution in [1.29, 1.82) is 0 Å². The second-order valence-electron chi connectivity index (χ2n) is 5.94. The number of aliphatic hydroxyl groups excluding tert-OH is 1. The molecule has 1 saturated heterocycles. The molecule has 1 aliphatic heterocycles. The summed E-state index contributed by atoms with van der Waals surface area (Å²) >= 11 is 0. The zero-order chi connectivity index (χ0) is 15.0. The Morgan fingerprint density at radius 3 is 2.55 bits per heavy atom. The molecule has 0 radical (unpaired) electrons. The molecule has 0 aliphatic carbocycles. The zero-order valence-corrected chi connectivity index (χ0v) is 12.9. The molecule has 1 heterocycles. The molecule has 1 fully saturated rings. The second kappa shape index (κ2) is 8.16. The van der Waals surface area contributed by atoms with Crippen LogP contribution in [0.4, 0.5) is 4.79 Å². The lowest BCUT2D eigenvalue weighted by Crippen LogP contribution is -2.42. The van der Waals surface area contributed by atoms with Gasteiger partial charge in [0, 0.05) is 25.9 Å². The molecular weight excluding hydrogens is 254 g/mol.